The topological polar surface area (TPSA) is 75.0 Å². The molecule has 0 aliphatic heterocycles. The van der Waals surface area contributed by atoms with Gasteiger partial charge in [0.25, 0.3) is 5.91 Å². The maximum Gasteiger partial charge on any atom is 0.435 e. The third-order valence-electron chi connectivity index (χ3n) is 4.75. The lowest BCUT2D eigenvalue weighted by atomic mass is 9.93. The number of nitrogens with one attached hydrogen (secondary N) is 1. The predicted octanol–water partition coefficient (Wildman–Crippen LogP) is 6.90. The van der Waals surface area contributed by atoms with Crippen molar-refractivity contribution >= 4 is 34.1 Å². The van der Waals surface area contributed by atoms with E-state index >= 15 is 0 Å². The lowest BCUT2D eigenvalue weighted by Gasteiger charge is -2.31. The van der Waals surface area contributed by atoms with Gasteiger partial charge in [0.2, 0.25) is 0 Å². The zero-order valence-corrected chi connectivity index (χ0v) is 17.9. The van der Waals surface area contributed by atoms with Gasteiger partial charge in [-0.15, -0.1) is 0 Å². The number of nitrogens with zero attached hydrogens (tertiary/aromatic N) is 2. The quantitative estimate of drug-likeness (QED) is 0.357. The molecule has 0 fully saturated rings. The Bertz CT molecular complexity index is 1350. The molecule has 36 heavy (non-hydrogen) atoms. The number of nitriles is 1. The van der Waals surface area contributed by atoms with Crippen molar-refractivity contribution in [2.75, 3.05) is 5.32 Å². The first-order valence-electron chi connectivity index (χ1n) is 9.32. The van der Waals surface area contributed by atoms with Crippen LogP contribution in [0.25, 0.3) is 10.9 Å². The molecule has 0 atom stereocenters. The molecule has 1 amide bonds. The summed E-state index contributed by atoms with van der Waals surface area (Å²) >= 11 is 5.70. The Hall–Kier alpha value is -3.73. The number of rotatable bonds is 5. The summed E-state index contributed by atoms with van der Waals surface area (Å²) in [7, 11) is 0. The summed E-state index contributed by atoms with van der Waals surface area (Å²) in [6.45, 7) is -3.79. The average Bonchev–Trinajstić information content (AvgIpc) is 2.77. The van der Waals surface area contributed by atoms with Crippen molar-refractivity contribution in [1.82, 2.24) is 4.98 Å². The minimum Gasteiger partial charge on any atom is -0.433 e. The van der Waals surface area contributed by atoms with Crippen molar-refractivity contribution in [1.29, 1.82) is 5.26 Å². The fourth-order valence-corrected chi connectivity index (χ4v) is 3.35. The molecule has 0 aliphatic carbocycles. The molecule has 3 aromatic rings. The number of hydrogen-bond donors (Lipinski definition) is 1. The number of benzene rings is 2. The number of ether oxygens (including phenoxy) is 1. The van der Waals surface area contributed by atoms with Gasteiger partial charge in [-0.05, 0) is 42.5 Å². The molecule has 0 radical (unpaired) electrons. The van der Waals surface area contributed by atoms with Crippen LogP contribution in [0.15, 0.2) is 42.5 Å². The number of hydrogen-bond acceptors (Lipinski definition) is 4. The molecule has 0 saturated carbocycles. The van der Waals surface area contributed by atoms with E-state index in [1.165, 1.54) is 30.3 Å². The van der Waals surface area contributed by atoms with Crippen LogP contribution in [-0.2, 0) is 5.67 Å². The van der Waals surface area contributed by atoms with Gasteiger partial charge in [0, 0.05) is 16.5 Å². The summed E-state index contributed by atoms with van der Waals surface area (Å²) < 4.78 is 123. The van der Waals surface area contributed by atoms with Crippen molar-refractivity contribution in [2.24, 2.45) is 0 Å². The Morgan fingerprint density at radius 1 is 1.00 bits per heavy atom. The first kappa shape index (κ1) is 26.9. The first-order valence-corrected chi connectivity index (χ1v) is 9.69. The molecular formula is C21H9ClF9N3O2. The van der Waals surface area contributed by atoms with Crippen LogP contribution in [0.2, 0.25) is 5.02 Å². The van der Waals surface area contributed by atoms with E-state index < -0.39 is 52.6 Å². The van der Waals surface area contributed by atoms with E-state index in [1.807, 2.05) is 5.32 Å². The van der Waals surface area contributed by atoms with E-state index in [9.17, 15) is 44.3 Å². The third kappa shape index (κ3) is 4.97. The Kier molecular flexibility index (Phi) is 7.00. The van der Waals surface area contributed by atoms with Crippen LogP contribution in [-0.4, -0.2) is 29.9 Å². The van der Waals surface area contributed by atoms with Crippen molar-refractivity contribution < 1.29 is 49.0 Å². The highest BCUT2D eigenvalue weighted by Crippen LogP contribution is 2.55. The third-order valence-corrected chi connectivity index (χ3v) is 5.05. The van der Waals surface area contributed by atoms with Crippen LogP contribution in [0.5, 0.6) is 5.75 Å². The summed E-state index contributed by atoms with van der Waals surface area (Å²) in [6.07, 6.45) is -13.1. The predicted molar refractivity (Wildman–Crippen MR) is 107 cm³/mol. The van der Waals surface area contributed by atoms with Gasteiger partial charge in [0.1, 0.15) is 17.5 Å². The molecule has 3 rings (SSSR count). The van der Waals surface area contributed by atoms with Gasteiger partial charge in [-0.1, -0.05) is 11.6 Å². The lowest BCUT2D eigenvalue weighted by Crippen LogP contribution is -2.50. The molecular weight excluding hydrogens is 533 g/mol. The minimum absolute atomic E-state index is 0.0713. The van der Waals surface area contributed by atoms with E-state index in [0.29, 0.717) is 10.9 Å². The number of anilines is 1. The SMILES string of the molecule is N#Cc1ccc2cc(C(=O)Nc3c(Cl)cc(C(F)(C(F)(F)F)C(F)(F)F)cc3OC(F)F)ccc2n1. The van der Waals surface area contributed by atoms with E-state index in [4.69, 9.17) is 16.9 Å². The lowest BCUT2D eigenvalue weighted by molar-refractivity contribution is -0.348. The molecule has 190 valence electrons. The molecule has 1 aromatic heterocycles. The number of fused-ring (bicyclic) bond motifs is 1. The van der Waals surface area contributed by atoms with Crippen molar-refractivity contribution in [3.63, 3.8) is 0 Å². The average molecular weight is 542 g/mol. The molecule has 0 spiro atoms. The number of alkyl halides is 9. The fraction of sp³-hybridized carbons (Fsp3) is 0.190. The van der Waals surface area contributed by atoms with Gasteiger partial charge in [-0.2, -0.15) is 40.4 Å². The van der Waals surface area contributed by atoms with Crippen LogP contribution in [0, 0.1) is 11.3 Å². The highest BCUT2D eigenvalue weighted by atomic mass is 35.5. The van der Waals surface area contributed by atoms with Crippen LogP contribution in [0.4, 0.5) is 45.2 Å². The van der Waals surface area contributed by atoms with Gasteiger partial charge < -0.3 is 10.1 Å². The van der Waals surface area contributed by atoms with Gasteiger partial charge in [-0.25, -0.2) is 9.37 Å². The smallest absolute Gasteiger partial charge is 0.433 e. The summed E-state index contributed by atoms with van der Waals surface area (Å²) in [4.78, 5) is 16.6. The number of carbonyl (C=O) groups excluding carboxylic acids is 1. The first-order chi connectivity index (χ1) is 16.6. The van der Waals surface area contributed by atoms with Crippen molar-refractivity contribution in [2.45, 2.75) is 24.6 Å². The second-order valence-electron chi connectivity index (χ2n) is 7.03. The molecule has 0 unspecified atom stereocenters. The number of amides is 1. The molecule has 0 aliphatic rings. The van der Waals surface area contributed by atoms with Crippen molar-refractivity contribution in [3.05, 3.63) is 64.3 Å². The van der Waals surface area contributed by atoms with Crippen LogP contribution in [0.3, 0.4) is 0 Å². The Morgan fingerprint density at radius 2 is 1.64 bits per heavy atom. The Balaban J connectivity index is 2.08. The fourth-order valence-electron chi connectivity index (χ4n) is 3.09. The minimum atomic E-state index is -6.55. The second kappa shape index (κ2) is 9.38. The van der Waals surface area contributed by atoms with E-state index in [0.717, 1.165) is 0 Å². The molecule has 0 saturated heterocycles. The summed E-state index contributed by atoms with van der Waals surface area (Å²) in [5.74, 6) is -2.54. The van der Waals surface area contributed by atoms with E-state index in [-0.39, 0.29) is 23.4 Å². The largest absolute Gasteiger partial charge is 0.435 e. The molecule has 2 aromatic carbocycles. The summed E-state index contributed by atoms with van der Waals surface area (Å²) in [5.41, 5.74) is -8.90. The monoisotopic (exact) mass is 541 g/mol. The Morgan fingerprint density at radius 3 is 2.19 bits per heavy atom. The van der Waals surface area contributed by atoms with E-state index in [2.05, 4.69) is 9.72 Å². The molecule has 0 bridgehead atoms. The van der Waals surface area contributed by atoms with Gasteiger partial charge >= 0.3 is 24.6 Å². The number of aromatic nitrogens is 1. The molecule has 1 heterocycles. The number of pyridine rings is 1. The van der Waals surface area contributed by atoms with Gasteiger partial charge in [-0.3, -0.25) is 4.79 Å². The highest BCUT2D eigenvalue weighted by molar-refractivity contribution is 6.34. The number of carbonyl (C=O) groups is 1. The number of halogens is 10. The summed E-state index contributed by atoms with van der Waals surface area (Å²) in [6, 6.07) is 7.93. The molecule has 1 N–H and O–H groups in total. The van der Waals surface area contributed by atoms with E-state index in [1.54, 1.807) is 6.07 Å². The van der Waals surface area contributed by atoms with Crippen molar-refractivity contribution in [3.8, 4) is 11.8 Å². The highest BCUT2D eigenvalue weighted by Gasteiger charge is 2.73. The Labute approximate surface area is 200 Å². The zero-order valence-electron chi connectivity index (χ0n) is 17.1. The second-order valence-corrected chi connectivity index (χ2v) is 7.44. The van der Waals surface area contributed by atoms with Crippen LogP contribution >= 0.6 is 11.6 Å². The zero-order chi connectivity index (χ0) is 27.1. The molecule has 5 nitrogen and oxygen atoms in total. The van der Waals surface area contributed by atoms with Gasteiger partial charge in [0.05, 0.1) is 10.5 Å². The van der Waals surface area contributed by atoms with Crippen LogP contribution < -0.4 is 10.1 Å². The normalized spacial score (nSPS) is 12.5. The maximum absolute atomic E-state index is 14.4. The molecule has 15 heteroatoms. The van der Waals surface area contributed by atoms with Crippen LogP contribution in [0.1, 0.15) is 21.6 Å². The maximum atomic E-state index is 14.4. The summed E-state index contributed by atoms with van der Waals surface area (Å²) in [5, 5.41) is 10.0. The van der Waals surface area contributed by atoms with Gasteiger partial charge in [0.15, 0.2) is 5.75 Å². The standard InChI is InChI=1S/C21H9ClF9N3O2/c22-13-6-11(19(25,20(26,27)28)21(29,30)31)7-15(36-18(23)24)16(13)34-17(35)10-2-4-14-9(5-10)1-3-12(8-32)33-14/h1-7,18H,(H,34,35).